The number of hydrogen-bond acceptors (Lipinski definition) is 2. The van der Waals surface area contributed by atoms with E-state index in [1.165, 1.54) is 0 Å². The zero-order valence-electron chi connectivity index (χ0n) is 5.89. The lowest BCUT2D eigenvalue weighted by molar-refractivity contribution is 0.142. The van der Waals surface area contributed by atoms with Crippen LogP contribution in [0.1, 0.15) is 12.8 Å². The van der Waals surface area contributed by atoms with Crippen molar-refractivity contribution in [2.24, 2.45) is 11.1 Å². The topological polar surface area (TPSA) is 52.3 Å². The number of halogens is 1. The molecule has 11 heavy (non-hydrogen) atoms. The number of ether oxygens (including phenoxy) is 1. The van der Waals surface area contributed by atoms with E-state index in [4.69, 9.17) is 5.73 Å². The van der Waals surface area contributed by atoms with Crippen molar-refractivity contribution in [1.29, 1.82) is 0 Å². The first kappa shape index (κ1) is 8.41. The molecule has 1 aliphatic carbocycles. The van der Waals surface area contributed by atoms with Crippen LogP contribution >= 0.6 is 15.9 Å². The molecule has 60 valence electrons. The van der Waals surface area contributed by atoms with Crippen molar-refractivity contribution < 1.29 is 9.53 Å². The first-order valence-electron chi connectivity index (χ1n) is 3.24. The van der Waals surface area contributed by atoms with Crippen LogP contribution in [0.2, 0.25) is 0 Å². The molecule has 1 saturated carbocycles. The molecule has 2 N–H and O–H groups in total. The Kier molecular flexibility index (Phi) is 2.40. The van der Waals surface area contributed by atoms with Crippen molar-refractivity contribution in [3.05, 3.63) is 0 Å². The van der Waals surface area contributed by atoms with Crippen LogP contribution in [0.15, 0.2) is 0 Å². The number of rotatable bonds is 2. The maximum absolute atomic E-state index is 10.2. The number of amides is 1. The minimum absolute atomic E-state index is 0.0987. The highest BCUT2D eigenvalue weighted by atomic mass is 79.9. The number of hydrogen-bond donors (Lipinski definition) is 1. The Morgan fingerprint density at radius 2 is 2.36 bits per heavy atom. The lowest BCUT2D eigenvalue weighted by Crippen LogP contribution is -2.18. The summed E-state index contributed by atoms with van der Waals surface area (Å²) in [5, 5.41) is 0. The maximum atomic E-state index is 10.2. The fraction of sp³-hybridized carbons (Fsp3) is 0.571. The van der Waals surface area contributed by atoms with Gasteiger partial charge < -0.3 is 10.5 Å². The summed E-state index contributed by atoms with van der Waals surface area (Å²) < 4.78 is 4.64. The molecular weight excluding hydrogens is 210 g/mol. The van der Waals surface area contributed by atoms with Gasteiger partial charge >= 0.3 is 6.09 Å². The number of primary amides is 1. The van der Waals surface area contributed by atoms with Crippen molar-refractivity contribution in [2.75, 3.05) is 6.61 Å². The highest BCUT2D eigenvalue weighted by Gasteiger charge is 2.42. The molecule has 0 aromatic carbocycles. The maximum Gasteiger partial charge on any atom is 0.404 e. The Morgan fingerprint density at radius 3 is 2.73 bits per heavy atom. The fourth-order valence-corrected chi connectivity index (χ4v) is 1.19. The monoisotopic (exact) mass is 217 g/mol. The van der Waals surface area contributed by atoms with E-state index in [2.05, 4.69) is 31.4 Å². The molecule has 1 amide bonds. The van der Waals surface area contributed by atoms with Gasteiger partial charge in [-0.2, -0.15) is 0 Å². The number of carbonyl (C=O) groups excluding carboxylic acids is 1. The second-order valence-corrected chi connectivity index (χ2v) is 3.00. The van der Waals surface area contributed by atoms with Crippen LogP contribution in [-0.2, 0) is 4.74 Å². The minimum Gasteiger partial charge on any atom is -0.448 e. The van der Waals surface area contributed by atoms with Crippen LogP contribution in [0.25, 0.3) is 0 Å². The largest absolute Gasteiger partial charge is 0.448 e. The minimum atomic E-state index is -0.729. The molecular formula is C7H8BrNO2. The molecule has 0 aromatic heterocycles. The van der Waals surface area contributed by atoms with Crippen LogP contribution in [0.3, 0.4) is 0 Å². The summed E-state index contributed by atoms with van der Waals surface area (Å²) in [5.74, 6) is 2.92. The van der Waals surface area contributed by atoms with E-state index in [-0.39, 0.29) is 5.41 Å². The Balaban J connectivity index is 2.34. The highest BCUT2D eigenvalue weighted by Crippen LogP contribution is 2.45. The summed E-state index contributed by atoms with van der Waals surface area (Å²) >= 11 is 3.00. The first-order chi connectivity index (χ1) is 5.18. The normalized spacial score (nSPS) is 17.9. The predicted octanol–water partition coefficient (Wildman–Crippen LogP) is 1.22. The second kappa shape index (κ2) is 3.14. The van der Waals surface area contributed by atoms with Gasteiger partial charge in [-0.25, -0.2) is 4.79 Å². The van der Waals surface area contributed by atoms with E-state index in [0.29, 0.717) is 6.61 Å². The van der Waals surface area contributed by atoms with Crippen molar-refractivity contribution >= 4 is 22.0 Å². The molecule has 0 saturated heterocycles. The average Bonchev–Trinajstić information content (AvgIpc) is 2.67. The molecule has 3 nitrogen and oxygen atoms in total. The summed E-state index contributed by atoms with van der Waals surface area (Å²) in [7, 11) is 0. The second-order valence-electron chi connectivity index (χ2n) is 2.61. The van der Waals surface area contributed by atoms with Gasteiger partial charge in [-0.1, -0.05) is 5.92 Å². The quantitative estimate of drug-likeness (QED) is 0.708. The smallest absolute Gasteiger partial charge is 0.404 e. The van der Waals surface area contributed by atoms with Crippen molar-refractivity contribution in [3.63, 3.8) is 0 Å². The molecule has 1 rings (SSSR count). The lowest BCUT2D eigenvalue weighted by Gasteiger charge is -2.05. The Morgan fingerprint density at radius 1 is 1.73 bits per heavy atom. The van der Waals surface area contributed by atoms with Gasteiger partial charge in [0.15, 0.2) is 0 Å². The first-order valence-corrected chi connectivity index (χ1v) is 4.03. The molecule has 0 bridgehead atoms. The van der Waals surface area contributed by atoms with Gasteiger partial charge in [0.2, 0.25) is 0 Å². The molecule has 0 radical (unpaired) electrons. The van der Waals surface area contributed by atoms with E-state index in [1.807, 2.05) is 0 Å². The van der Waals surface area contributed by atoms with Gasteiger partial charge in [0, 0.05) is 15.9 Å². The fourth-order valence-electron chi connectivity index (χ4n) is 0.766. The van der Waals surface area contributed by atoms with E-state index in [1.54, 1.807) is 0 Å². The third kappa shape index (κ3) is 2.43. The van der Waals surface area contributed by atoms with E-state index in [9.17, 15) is 4.79 Å². The molecule has 4 heteroatoms. The van der Waals surface area contributed by atoms with Crippen molar-refractivity contribution in [3.8, 4) is 10.8 Å². The van der Waals surface area contributed by atoms with Gasteiger partial charge in [0.05, 0.1) is 5.41 Å². The van der Waals surface area contributed by atoms with Crippen molar-refractivity contribution in [1.82, 2.24) is 0 Å². The molecule has 1 aliphatic rings. The lowest BCUT2D eigenvalue weighted by atomic mass is 10.1. The number of nitrogens with two attached hydrogens (primary N) is 1. The zero-order valence-corrected chi connectivity index (χ0v) is 7.48. The molecule has 0 heterocycles. The summed E-state index contributed by atoms with van der Waals surface area (Å²) in [6.07, 6.45) is 1.24. The van der Waals surface area contributed by atoms with E-state index in [0.717, 1.165) is 12.8 Å². The number of carbonyl (C=O) groups is 1. The molecule has 0 aliphatic heterocycles. The van der Waals surface area contributed by atoms with Gasteiger partial charge in [-0.15, -0.1) is 0 Å². The summed E-state index contributed by atoms with van der Waals surface area (Å²) in [5.41, 5.74) is 4.70. The third-order valence-corrected chi connectivity index (χ3v) is 1.85. The highest BCUT2D eigenvalue weighted by molar-refractivity contribution is 9.12. The van der Waals surface area contributed by atoms with Gasteiger partial charge in [0.25, 0.3) is 0 Å². The van der Waals surface area contributed by atoms with Gasteiger partial charge in [-0.05, 0) is 17.7 Å². The van der Waals surface area contributed by atoms with Crippen LogP contribution in [0.5, 0.6) is 0 Å². The summed E-state index contributed by atoms with van der Waals surface area (Å²) in [6, 6.07) is 0. The standard InChI is InChI=1S/C7H8BrNO2/c8-4-3-7(1-2-7)5-11-6(9)10/h1-2,5H2,(H2,9,10). The van der Waals surface area contributed by atoms with Crippen LogP contribution in [0.4, 0.5) is 4.79 Å². The summed E-state index contributed by atoms with van der Waals surface area (Å²) in [4.78, 5) is 12.8. The van der Waals surface area contributed by atoms with Crippen LogP contribution in [0, 0.1) is 16.2 Å². The van der Waals surface area contributed by atoms with Gasteiger partial charge in [0.1, 0.15) is 6.61 Å². The summed E-state index contributed by atoms with van der Waals surface area (Å²) in [6.45, 7) is 0.320. The average molecular weight is 218 g/mol. The molecule has 1 fully saturated rings. The molecule has 0 spiro atoms. The molecule has 0 aromatic rings. The van der Waals surface area contributed by atoms with E-state index < -0.39 is 6.09 Å². The van der Waals surface area contributed by atoms with E-state index >= 15 is 0 Å². The predicted molar refractivity (Wildman–Crippen MR) is 43.9 cm³/mol. The zero-order chi connectivity index (χ0) is 8.32. The van der Waals surface area contributed by atoms with Crippen LogP contribution in [-0.4, -0.2) is 12.7 Å². The van der Waals surface area contributed by atoms with Crippen LogP contribution < -0.4 is 5.73 Å². The third-order valence-electron chi connectivity index (χ3n) is 1.66. The Labute approximate surface area is 73.4 Å². The molecule has 0 atom stereocenters. The van der Waals surface area contributed by atoms with Crippen molar-refractivity contribution in [2.45, 2.75) is 12.8 Å². The Bertz CT molecular complexity index is 224. The molecule has 0 unspecified atom stereocenters. The Hall–Kier alpha value is -0.690. The SMILES string of the molecule is NC(=O)OCC1(C#CBr)CC1. The van der Waals surface area contributed by atoms with Gasteiger partial charge in [-0.3, -0.25) is 0 Å².